The van der Waals surface area contributed by atoms with Crippen LogP contribution >= 0.6 is 35.0 Å². The van der Waals surface area contributed by atoms with Crippen molar-refractivity contribution in [2.45, 2.75) is 13.1 Å². The van der Waals surface area contributed by atoms with Crippen LogP contribution in [0.15, 0.2) is 36.4 Å². The van der Waals surface area contributed by atoms with Gasteiger partial charge >= 0.3 is 0 Å². The van der Waals surface area contributed by atoms with Gasteiger partial charge in [0.2, 0.25) is 11.8 Å². The molecule has 0 spiro atoms. The number of carbonyl (C=O) groups excluding carboxylic acids is 2. The molecule has 0 aromatic heterocycles. The maximum Gasteiger partial charge on any atom is 0.230 e. The number of benzene rings is 2. The molecule has 4 nitrogen and oxygen atoms in total. The SMILES string of the molecule is O=C(CSCC(=O)NCc1ccc(F)c(Cl)c1)NCc1ccc(F)c(Cl)c1. The lowest BCUT2D eigenvalue weighted by Crippen LogP contribution is -2.27. The zero-order chi connectivity index (χ0) is 19.8. The fourth-order valence-electron chi connectivity index (χ4n) is 2.04. The summed E-state index contributed by atoms with van der Waals surface area (Å²) in [5.41, 5.74) is 1.35. The van der Waals surface area contributed by atoms with Gasteiger partial charge in [-0.3, -0.25) is 9.59 Å². The van der Waals surface area contributed by atoms with Gasteiger partial charge in [0.25, 0.3) is 0 Å². The van der Waals surface area contributed by atoms with E-state index < -0.39 is 11.6 Å². The van der Waals surface area contributed by atoms with E-state index in [0.29, 0.717) is 11.1 Å². The summed E-state index contributed by atoms with van der Waals surface area (Å²) in [6, 6.07) is 8.42. The molecule has 0 fully saturated rings. The topological polar surface area (TPSA) is 58.2 Å². The summed E-state index contributed by atoms with van der Waals surface area (Å²) in [6.07, 6.45) is 0. The first-order valence-electron chi connectivity index (χ1n) is 7.84. The molecule has 0 radical (unpaired) electrons. The summed E-state index contributed by atoms with van der Waals surface area (Å²) >= 11 is 12.5. The van der Waals surface area contributed by atoms with E-state index in [1.54, 1.807) is 0 Å². The van der Waals surface area contributed by atoms with Crippen molar-refractivity contribution in [1.82, 2.24) is 10.6 Å². The van der Waals surface area contributed by atoms with Crippen molar-refractivity contribution in [3.05, 3.63) is 69.2 Å². The van der Waals surface area contributed by atoms with E-state index in [1.165, 1.54) is 36.4 Å². The molecule has 2 aromatic carbocycles. The van der Waals surface area contributed by atoms with Crippen LogP contribution < -0.4 is 10.6 Å². The Bertz CT molecular complexity index is 770. The average Bonchev–Trinajstić information content (AvgIpc) is 2.63. The maximum absolute atomic E-state index is 13.1. The normalized spacial score (nSPS) is 10.5. The van der Waals surface area contributed by atoms with Crippen molar-refractivity contribution >= 4 is 46.8 Å². The third-order valence-corrected chi connectivity index (χ3v) is 4.93. The van der Waals surface area contributed by atoms with Gasteiger partial charge in [0.05, 0.1) is 21.6 Å². The molecule has 0 bridgehead atoms. The number of amides is 2. The van der Waals surface area contributed by atoms with Crippen LogP contribution in [0.2, 0.25) is 10.0 Å². The molecule has 2 amide bonds. The smallest absolute Gasteiger partial charge is 0.230 e. The quantitative estimate of drug-likeness (QED) is 0.663. The first kappa shape index (κ1) is 21.5. The minimum Gasteiger partial charge on any atom is -0.351 e. The Hall–Kier alpha value is -1.83. The molecule has 2 N–H and O–H groups in total. The highest BCUT2D eigenvalue weighted by Gasteiger charge is 2.07. The molecule has 9 heteroatoms. The zero-order valence-corrected chi connectivity index (χ0v) is 16.4. The van der Waals surface area contributed by atoms with Gasteiger partial charge in [-0.15, -0.1) is 11.8 Å². The summed E-state index contributed by atoms with van der Waals surface area (Å²) in [7, 11) is 0. The standard InChI is InChI=1S/C18H16Cl2F2N2O2S/c19-13-5-11(1-3-15(13)21)7-23-17(25)9-27-10-18(26)24-8-12-2-4-16(22)14(20)6-12/h1-6H,7-10H2,(H,23,25)(H,24,26). The lowest BCUT2D eigenvalue weighted by atomic mass is 10.2. The largest absolute Gasteiger partial charge is 0.351 e. The van der Waals surface area contributed by atoms with Crippen LogP contribution in [0.4, 0.5) is 8.78 Å². The highest BCUT2D eigenvalue weighted by molar-refractivity contribution is 8.00. The van der Waals surface area contributed by atoms with Crippen molar-refractivity contribution in [2.75, 3.05) is 11.5 Å². The van der Waals surface area contributed by atoms with E-state index >= 15 is 0 Å². The highest BCUT2D eigenvalue weighted by atomic mass is 35.5. The van der Waals surface area contributed by atoms with E-state index in [2.05, 4.69) is 10.6 Å². The lowest BCUT2D eigenvalue weighted by molar-refractivity contribution is -0.119. The van der Waals surface area contributed by atoms with Gasteiger partial charge in [-0.1, -0.05) is 35.3 Å². The second kappa shape index (κ2) is 10.5. The van der Waals surface area contributed by atoms with E-state index in [-0.39, 0.29) is 46.5 Å². The first-order chi connectivity index (χ1) is 12.8. The Balaban J connectivity index is 1.64. The molecule has 0 aliphatic rings. The summed E-state index contributed by atoms with van der Waals surface area (Å²) in [6.45, 7) is 0.438. The van der Waals surface area contributed by atoms with E-state index in [9.17, 15) is 18.4 Å². The van der Waals surface area contributed by atoms with Crippen LogP contribution in [0.5, 0.6) is 0 Å². The second-order valence-corrected chi connectivity index (χ2v) is 7.34. The average molecular weight is 433 g/mol. The van der Waals surface area contributed by atoms with Crippen LogP contribution in [0, 0.1) is 11.6 Å². The van der Waals surface area contributed by atoms with Gasteiger partial charge in [-0.2, -0.15) is 0 Å². The zero-order valence-electron chi connectivity index (χ0n) is 14.0. The van der Waals surface area contributed by atoms with Crippen molar-refractivity contribution in [2.24, 2.45) is 0 Å². The highest BCUT2D eigenvalue weighted by Crippen LogP contribution is 2.16. The predicted octanol–water partition coefficient (Wildman–Crippen LogP) is 3.94. The summed E-state index contributed by atoms with van der Waals surface area (Å²) in [5.74, 6) is -1.33. The molecular weight excluding hydrogens is 417 g/mol. The van der Waals surface area contributed by atoms with Crippen LogP contribution in [-0.4, -0.2) is 23.3 Å². The minimum atomic E-state index is -0.517. The van der Waals surface area contributed by atoms with Crippen molar-refractivity contribution in [1.29, 1.82) is 0 Å². The molecule has 0 aliphatic carbocycles. The molecule has 0 heterocycles. The van der Waals surface area contributed by atoms with E-state index in [1.807, 2.05) is 0 Å². The van der Waals surface area contributed by atoms with Gasteiger partial charge in [0.15, 0.2) is 0 Å². The predicted molar refractivity (Wildman–Crippen MR) is 104 cm³/mol. The van der Waals surface area contributed by atoms with Gasteiger partial charge in [0.1, 0.15) is 11.6 Å². The number of halogens is 4. The number of hydrogen-bond acceptors (Lipinski definition) is 3. The van der Waals surface area contributed by atoms with E-state index in [4.69, 9.17) is 23.2 Å². The van der Waals surface area contributed by atoms with Crippen LogP contribution in [-0.2, 0) is 22.7 Å². The molecule has 0 atom stereocenters. The Morgan fingerprint density at radius 2 is 1.22 bits per heavy atom. The number of hydrogen-bond donors (Lipinski definition) is 2. The molecule has 144 valence electrons. The fraction of sp³-hybridized carbons (Fsp3) is 0.222. The third kappa shape index (κ3) is 7.36. The van der Waals surface area contributed by atoms with Crippen molar-refractivity contribution < 1.29 is 18.4 Å². The molecule has 2 rings (SSSR count). The molecule has 0 unspecified atom stereocenters. The van der Waals surface area contributed by atoms with Crippen molar-refractivity contribution in [3.63, 3.8) is 0 Å². The van der Waals surface area contributed by atoms with Gasteiger partial charge in [-0.05, 0) is 35.4 Å². The number of rotatable bonds is 8. The second-order valence-electron chi connectivity index (χ2n) is 5.54. The lowest BCUT2D eigenvalue weighted by Gasteiger charge is -2.07. The van der Waals surface area contributed by atoms with E-state index in [0.717, 1.165) is 11.8 Å². The molecule has 0 saturated heterocycles. The van der Waals surface area contributed by atoms with Gasteiger partial charge in [-0.25, -0.2) is 8.78 Å². The third-order valence-electron chi connectivity index (χ3n) is 3.41. The number of nitrogens with one attached hydrogen (secondary N) is 2. The Labute approximate surface area is 169 Å². The van der Waals surface area contributed by atoms with Crippen LogP contribution in [0.3, 0.4) is 0 Å². The first-order valence-corrected chi connectivity index (χ1v) is 9.75. The minimum absolute atomic E-state index is 0.00441. The molecule has 27 heavy (non-hydrogen) atoms. The summed E-state index contributed by atoms with van der Waals surface area (Å²) in [4.78, 5) is 23.6. The van der Waals surface area contributed by atoms with Crippen molar-refractivity contribution in [3.8, 4) is 0 Å². The Kier molecular flexibility index (Phi) is 8.34. The molecule has 0 aliphatic heterocycles. The monoisotopic (exact) mass is 432 g/mol. The number of thioether (sulfide) groups is 1. The van der Waals surface area contributed by atoms with Gasteiger partial charge < -0.3 is 10.6 Å². The molecule has 2 aromatic rings. The maximum atomic E-state index is 13.1. The Morgan fingerprint density at radius 3 is 1.59 bits per heavy atom. The molecule has 0 saturated carbocycles. The summed E-state index contributed by atoms with van der Waals surface area (Å²) in [5, 5.41) is 5.32. The van der Waals surface area contributed by atoms with Gasteiger partial charge in [0, 0.05) is 13.1 Å². The summed E-state index contributed by atoms with van der Waals surface area (Å²) < 4.78 is 26.1. The Morgan fingerprint density at radius 1 is 0.815 bits per heavy atom. The fourth-order valence-corrected chi connectivity index (χ4v) is 3.12. The molecular formula is C18H16Cl2F2N2O2S. The van der Waals surface area contributed by atoms with Crippen LogP contribution in [0.1, 0.15) is 11.1 Å². The number of carbonyl (C=O) groups is 2. The van der Waals surface area contributed by atoms with Crippen LogP contribution in [0.25, 0.3) is 0 Å².